The SMILES string of the molecule is CCOC(=O)C1=C(C)N=c2s/c(=C/c3cc(Br)c(OC)c(OC)c3)c(=O)n2C1c1ccc(Cl)cc1. The first kappa shape index (κ1) is 25.2. The number of rotatable bonds is 6. The smallest absolute Gasteiger partial charge is 0.338 e. The average molecular weight is 578 g/mol. The van der Waals surface area contributed by atoms with Crippen LogP contribution in [-0.4, -0.2) is 31.4 Å². The molecule has 4 rings (SSSR count). The third kappa shape index (κ3) is 4.80. The molecule has 1 aromatic heterocycles. The molecular weight excluding hydrogens is 556 g/mol. The Morgan fingerprint density at radius 2 is 1.94 bits per heavy atom. The maximum atomic E-state index is 13.7. The van der Waals surface area contributed by atoms with Gasteiger partial charge in [0, 0.05) is 5.02 Å². The van der Waals surface area contributed by atoms with E-state index < -0.39 is 12.0 Å². The van der Waals surface area contributed by atoms with Gasteiger partial charge >= 0.3 is 5.97 Å². The van der Waals surface area contributed by atoms with Gasteiger partial charge in [-0.05, 0) is 71.2 Å². The van der Waals surface area contributed by atoms with Crippen LogP contribution in [-0.2, 0) is 9.53 Å². The standard InChI is InChI=1S/C25H22BrClN2O5S/c1-5-34-24(31)20-13(2)28-25-29(21(20)15-6-8-16(27)9-7-15)23(30)19(35-25)12-14-10-17(26)22(33-4)18(11-14)32-3/h6-12,21H,5H2,1-4H3/b19-12+. The molecule has 0 amide bonds. The fourth-order valence-corrected chi connectivity index (χ4v) is 5.72. The van der Waals surface area contributed by atoms with Gasteiger partial charge in [-0.2, -0.15) is 0 Å². The summed E-state index contributed by atoms with van der Waals surface area (Å²) in [6.07, 6.45) is 1.76. The summed E-state index contributed by atoms with van der Waals surface area (Å²) in [7, 11) is 3.11. The molecule has 0 aliphatic carbocycles. The van der Waals surface area contributed by atoms with Gasteiger partial charge in [-0.25, -0.2) is 9.79 Å². The minimum Gasteiger partial charge on any atom is -0.493 e. The van der Waals surface area contributed by atoms with E-state index in [9.17, 15) is 9.59 Å². The Balaban J connectivity index is 1.94. The highest BCUT2D eigenvalue weighted by Gasteiger charge is 2.33. The normalized spacial score (nSPS) is 15.5. The van der Waals surface area contributed by atoms with Gasteiger partial charge in [-0.3, -0.25) is 9.36 Å². The summed E-state index contributed by atoms with van der Waals surface area (Å²) in [6.45, 7) is 3.70. The van der Waals surface area contributed by atoms with Gasteiger partial charge in [-0.15, -0.1) is 0 Å². The van der Waals surface area contributed by atoms with Gasteiger partial charge in [0.15, 0.2) is 16.3 Å². The Morgan fingerprint density at radius 3 is 2.57 bits per heavy atom. The molecule has 1 atom stereocenters. The number of hydrogen-bond acceptors (Lipinski definition) is 7. The molecule has 1 aliphatic rings. The Bertz CT molecular complexity index is 1510. The molecular formula is C25H22BrClN2O5S. The van der Waals surface area contributed by atoms with Crippen LogP contribution in [0.3, 0.4) is 0 Å². The third-order valence-corrected chi connectivity index (χ3v) is 7.28. The zero-order chi connectivity index (χ0) is 25.3. The highest BCUT2D eigenvalue weighted by molar-refractivity contribution is 9.10. The maximum Gasteiger partial charge on any atom is 0.338 e. The lowest BCUT2D eigenvalue weighted by molar-refractivity contribution is -0.139. The number of carbonyl (C=O) groups is 1. The van der Waals surface area contributed by atoms with Gasteiger partial charge in [0.2, 0.25) is 0 Å². The molecule has 0 saturated carbocycles. The average Bonchev–Trinajstić information content (AvgIpc) is 3.12. The van der Waals surface area contributed by atoms with Crippen LogP contribution in [0, 0.1) is 0 Å². The van der Waals surface area contributed by atoms with E-state index in [0.29, 0.717) is 41.6 Å². The zero-order valence-electron chi connectivity index (χ0n) is 19.4. The number of aromatic nitrogens is 1. The lowest BCUT2D eigenvalue weighted by Gasteiger charge is -2.24. The van der Waals surface area contributed by atoms with Gasteiger partial charge in [0.1, 0.15) is 0 Å². The number of esters is 1. The fraction of sp³-hybridized carbons (Fsp3) is 0.240. The number of methoxy groups -OCH3 is 2. The minimum atomic E-state index is -0.693. The first-order valence-corrected chi connectivity index (χ1v) is 12.6. The van der Waals surface area contributed by atoms with Crippen molar-refractivity contribution in [3.8, 4) is 11.5 Å². The molecule has 7 nitrogen and oxygen atoms in total. The van der Waals surface area contributed by atoms with Crippen molar-refractivity contribution in [2.45, 2.75) is 19.9 Å². The van der Waals surface area contributed by atoms with Gasteiger partial charge in [-0.1, -0.05) is 35.1 Å². The second-order valence-electron chi connectivity index (χ2n) is 7.59. The van der Waals surface area contributed by atoms with Crippen molar-refractivity contribution in [3.63, 3.8) is 0 Å². The topological polar surface area (TPSA) is 79.1 Å². The lowest BCUT2D eigenvalue weighted by Crippen LogP contribution is -2.39. The molecule has 10 heteroatoms. The van der Waals surface area contributed by atoms with E-state index in [1.165, 1.54) is 15.9 Å². The maximum absolute atomic E-state index is 13.7. The van der Waals surface area contributed by atoms with Crippen LogP contribution >= 0.6 is 38.9 Å². The van der Waals surface area contributed by atoms with Crippen LogP contribution in [0.5, 0.6) is 11.5 Å². The summed E-state index contributed by atoms with van der Waals surface area (Å²) in [5.74, 6) is 0.579. The van der Waals surface area contributed by atoms with E-state index in [-0.39, 0.29) is 12.2 Å². The summed E-state index contributed by atoms with van der Waals surface area (Å²) in [4.78, 5) is 31.7. The van der Waals surface area contributed by atoms with Crippen LogP contribution in [0.15, 0.2) is 61.9 Å². The molecule has 35 heavy (non-hydrogen) atoms. The van der Waals surface area contributed by atoms with E-state index in [4.69, 9.17) is 25.8 Å². The fourth-order valence-electron chi connectivity index (χ4n) is 3.92. The number of carbonyl (C=O) groups excluding carboxylic acids is 1. The molecule has 2 aromatic carbocycles. The number of ether oxygens (including phenoxy) is 3. The molecule has 0 bridgehead atoms. The Hall–Kier alpha value is -2.88. The summed E-state index contributed by atoms with van der Waals surface area (Å²) >= 11 is 10.8. The van der Waals surface area contributed by atoms with E-state index in [1.54, 1.807) is 64.5 Å². The van der Waals surface area contributed by atoms with Crippen molar-refractivity contribution in [2.75, 3.05) is 20.8 Å². The molecule has 0 fully saturated rings. The van der Waals surface area contributed by atoms with E-state index >= 15 is 0 Å². The minimum absolute atomic E-state index is 0.210. The van der Waals surface area contributed by atoms with Gasteiger partial charge in [0.25, 0.3) is 5.56 Å². The molecule has 0 N–H and O–H groups in total. The monoisotopic (exact) mass is 576 g/mol. The Morgan fingerprint density at radius 1 is 1.23 bits per heavy atom. The summed E-state index contributed by atoms with van der Waals surface area (Å²) in [5.41, 5.74) is 2.03. The van der Waals surface area contributed by atoms with Crippen LogP contribution in [0.25, 0.3) is 6.08 Å². The Kier molecular flexibility index (Phi) is 7.49. The second-order valence-corrected chi connectivity index (χ2v) is 9.89. The molecule has 1 unspecified atom stereocenters. The largest absolute Gasteiger partial charge is 0.493 e. The second kappa shape index (κ2) is 10.4. The number of nitrogens with zero attached hydrogens (tertiary/aromatic N) is 2. The van der Waals surface area contributed by atoms with Crippen LogP contribution in [0.4, 0.5) is 0 Å². The molecule has 2 heterocycles. The lowest BCUT2D eigenvalue weighted by atomic mass is 9.96. The number of allylic oxidation sites excluding steroid dienone is 1. The predicted octanol–water partition coefficient (Wildman–Crippen LogP) is 4.23. The highest BCUT2D eigenvalue weighted by Crippen LogP contribution is 2.36. The third-order valence-electron chi connectivity index (χ3n) is 5.46. The Labute approximate surface area is 219 Å². The first-order valence-electron chi connectivity index (χ1n) is 10.7. The molecule has 3 aromatic rings. The molecule has 182 valence electrons. The van der Waals surface area contributed by atoms with Crippen molar-refractivity contribution in [1.29, 1.82) is 0 Å². The summed E-state index contributed by atoms with van der Waals surface area (Å²) in [5, 5.41) is 0.554. The number of hydrogen-bond donors (Lipinski definition) is 0. The van der Waals surface area contributed by atoms with Crippen LogP contribution < -0.4 is 24.4 Å². The highest BCUT2D eigenvalue weighted by atomic mass is 79.9. The van der Waals surface area contributed by atoms with Crippen molar-refractivity contribution < 1.29 is 19.0 Å². The first-order chi connectivity index (χ1) is 16.8. The van der Waals surface area contributed by atoms with Crippen molar-refractivity contribution in [1.82, 2.24) is 4.57 Å². The van der Waals surface area contributed by atoms with Crippen molar-refractivity contribution in [2.24, 2.45) is 4.99 Å². The zero-order valence-corrected chi connectivity index (χ0v) is 22.6. The number of halogens is 2. The predicted molar refractivity (Wildman–Crippen MR) is 139 cm³/mol. The molecule has 1 aliphatic heterocycles. The van der Waals surface area contributed by atoms with Gasteiger partial charge in [0.05, 0.1) is 47.1 Å². The number of thiazole rings is 1. The van der Waals surface area contributed by atoms with Crippen LogP contribution in [0.1, 0.15) is 31.0 Å². The summed E-state index contributed by atoms with van der Waals surface area (Å²) < 4.78 is 18.8. The molecule has 0 saturated heterocycles. The quantitative estimate of drug-likeness (QED) is 0.410. The van der Waals surface area contributed by atoms with Crippen molar-refractivity contribution >= 4 is 50.9 Å². The molecule has 0 radical (unpaired) electrons. The van der Waals surface area contributed by atoms with E-state index in [0.717, 1.165) is 11.1 Å². The van der Waals surface area contributed by atoms with E-state index in [2.05, 4.69) is 20.9 Å². The molecule has 0 spiro atoms. The van der Waals surface area contributed by atoms with Gasteiger partial charge < -0.3 is 14.2 Å². The van der Waals surface area contributed by atoms with Crippen molar-refractivity contribution in [3.05, 3.63) is 88.0 Å². The van der Waals surface area contributed by atoms with Crippen LogP contribution in [0.2, 0.25) is 5.02 Å². The number of benzene rings is 2. The summed E-state index contributed by atoms with van der Waals surface area (Å²) in [6, 6.07) is 9.99. The number of fused-ring (bicyclic) bond motifs is 1. The van der Waals surface area contributed by atoms with E-state index in [1.807, 2.05) is 6.07 Å².